The lowest BCUT2D eigenvalue weighted by atomic mass is 9.98. The number of aryl methyl sites for hydroxylation is 2. The summed E-state index contributed by atoms with van der Waals surface area (Å²) < 4.78 is 49.5. The van der Waals surface area contributed by atoms with Crippen LogP contribution in [0.1, 0.15) is 28.3 Å². The molecular formula is C43H39N7O5S2. The Kier molecular flexibility index (Phi) is 9.45. The van der Waals surface area contributed by atoms with E-state index in [-0.39, 0.29) is 23.3 Å². The highest BCUT2D eigenvalue weighted by molar-refractivity contribution is 7.92. The third kappa shape index (κ3) is 6.99. The Morgan fingerprint density at radius 1 is 0.579 bits per heavy atom. The van der Waals surface area contributed by atoms with Gasteiger partial charge in [-0.25, -0.2) is 36.8 Å². The monoisotopic (exact) mass is 797 g/mol. The van der Waals surface area contributed by atoms with Crippen molar-refractivity contribution >= 4 is 58.8 Å². The Balaban J connectivity index is 0.000000148. The van der Waals surface area contributed by atoms with Crippen LogP contribution in [0.25, 0.3) is 21.8 Å². The summed E-state index contributed by atoms with van der Waals surface area (Å²) in [5.74, 6) is 2.02. The molecule has 14 heteroatoms. The molecule has 2 N–H and O–H groups in total. The first-order chi connectivity index (χ1) is 27.7. The number of rotatable bonds is 6. The Morgan fingerprint density at radius 2 is 1.12 bits per heavy atom. The van der Waals surface area contributed by atoms with Gasteiger partial charge >= 0.3 is 0 Å². The number of piperazine rings is 1. The quantitative estimate of drug-likeness (QED) is 0.198. The van der Waals surface area contributed by atoms with Crippen LogP contribution in [0.3, 0.4) is 0 Å². The van der Waals surface area contributed by atoms with Gasteiger partial charge in [0.15, 0.2) is 19.7 Å². The number of hydrogen-bond donors (Lipinski definition) is 2. The van der Waals surface area contributed by atoms with Gasteiger partial charge in [-0.05, 0) is 71.5 Å². The zero-order chi connectivity index (χ0) is 39.1. The average molecular weight is 798 g/mol. The number of phenols is 1. The van der Waals surface area contributed by atoms with Gasteiger partial charge in [0.2, 0.25) is 0 Å². The summed E-state index contributed by atoms with van der Waals surface area (Å²) >= 11 is 0. The molecule has 0 bridgehead atoms. The van der Waals surface area contributed by atoms with Crippen molar-refractivity contribution < 1.29 is 21.9 Å². The van der Waals surface area contributed by atoms with Gasteiger partial charge in [0, 0.05) is 48.7 Å². The summed E-state index contributed by atoms with van der Waals surface area (Å²) in [4.78, 5) is 23.0. The Hall–Kier alpha value is -6.12. The molecule has 0 saturated carbocycles. The SMILES string of the molecule is O=S1(=O)CCc2c1ccc1ncnc(N3CCN(c4cccc(O)c4)CC3)c21.O=S1(=O)CCc2c1ccc1ncnc(NC(c3ccccc3)c3ccccc3)c21. The lowest BCUT2D eigenvalue weighted by Gasteiger charge is -2.37. The first-order valence-corrected chi connectivity index (χ1v) is 22.1. The predicted octanol–water partition coefficient (Wildman–Crippen LogP) is 6.15. The third-order valence-corrected chi connectivity index (χ3v) is 14.5. The van der Waals surface area contributed by atoms with Gasteiger partial charge in [-0.1, -0.05) is 66.7 Å². The maximum Gasteiger partial charge on any atom is 0.179 e. The lowest BCUT2D eigenvalue weighted by molar-refractivity contribution is 0.475. The van der Waals surface area contributed by atoms with Crippen molar-refractivity contribution in [3.63, 3.8) is 0 Å². The van der Waals surface area contributed by atoms with Gasteiger partial charge < -0.3 is 20.2 Å². The maximum absolute atomic E-state index is 12.4. The topological polar surface area (TPSA) is 159 Å². The largest absolute Gasteiger partial charge is 0.508 e. The average Bonchev–Trinajstić information content (AvgIpc) is 3.74. The van der Waals surface area contributed by atoms with Crippen LogP contribution < -0.4 is 15.1 Å². The van der Waals surface area contributed by atoms with Crippen molar-refractivity contribution in [2.24, 2.45) is 0 Å². The highest BCUT2D eigenvalue weighted by Crippen LogP contribution is 2.38. The van der Waals surface area contributed by atoms with E-state index in [1.165, 1.54) is 6.33 Å². The molecule has 0 spiro atoms. The normalized spacial score (nSPS) is 16.6. The summed E-state index contributed by atoms with van der Waals surface area (Å²) in [7, 11) is -6.43. The van der Waals surface area contributed by atoms with Crippen molar-refractivity contribution in [3.05, 3.63) is 144 Å². The van der Waals surface area contributed by atoms with Crippen LogP contribution in [0.15, 0.2) is 132 Å². The van der Waals surface area contributed by atoms with E-state index in [0.29, 0.717) is 28.5 Å². The molecule has 10 rings (SSSR count). The number of sulfone groups is 2. The number of nitrogens with zero attached hydrogens (tertiary/aromatic N) is 6. The van der Waals surface area contributed by atoms with Crippen molar-refractivity contribution in [3.8, 4) is 5.75 Å². The minimum Gasteiger partial charge on any atom is -0.508 e. The highest BCUT2D eigenvalue weighted by Gasteiger charge is 2.32. The minimum absolute atomic E-state index is 0.121. The maximum atomic E-state index is 12.4. The van der Waals surface area contributed by atoms with E-state index >= 15 is 0 Å². The van der Waals surface area contributed by atoms with E-state index < -0.39 is 19.7 Å². The lowest BCUT2D eigenvalue weighted by Crippen LogP contribution is -2.47. The van der Waals surface area contributed by atoms with E-state index in [9.17, 15) is 21.9 Å². The first-order valence-electron chi connectivity index (χ1n) is 18.8. The van der Waals surface area contributed by atoms with E-state index in [0.717, 1.165) is 81.7 Å². The molecule has 57 heavy (non-hydrogen) atoms. The molecule has 0 atom stereocenters. The van der Waals surface area contributed by atoms with Crippen molar-refractivity contribution in [1.82, 2.24) is 19.9 Å². The predicted molar refractivity (Wildman–Crippen MR) is 221 cm³/mol. The standard InChI is InChI=1S/C23H19N3O2S.C20H20N4O3S/c27-29(28)14-13-18-20(29)12-11-19-21(18)23(25-15-24-19)26-22(16-7-3-1-4-8-16)17-9-5-2-6-10-17;25-15-3-1-2-14(12-15)23-7-9-24(10-8-23)20-19-16-6-11-28(26,27)18(16)5-4-17(19)21-13-22-20/h1-12,15,22H,13-14H2,(H,24,25,26);1-5,12-13,25H,6-11H2. The number of aromatic nitrogens is 4. The smallest absolute Gasteiger partial charge is 0.179 e. The molecule has 0 radical (unpaired) electrons. The molecule has 1 fully saturated rings. The second-order valence-corrected chi connectivity index (χ2v) is 18.5. The second kappa shape index (κ2) is 14.8. The molecule has 7 aromatic rings. The van der Waals surface area contributed by atoms with Gasteiger partial charge in [-0.3, -0.25) is 0 Å². The number of hydrogen-bond acceptors (Lipinski definition) is 12. The number of fused-ring (bicyclic) bond motifs is 6. The second-order valence-electron chi connectivity index (χ2n) is 14.3. The van der Waals surface area contributed by atoms with Crippen molar-refractivity contribution in [2.75, 3.05) is 52.8 Å². The number of aromatic hydroxyl groups is 1. The fourth-order valence-electron chi connectivity index (χ4n) is 8.16. The summed E-state index contributed by atoms with van der Waals surface area (Å²) in [6, 6.07) is 34.4. The van der Waals surface area contributed by atoms with Gasteiger partial charge in [0.25, 0.3) is 0 Å². The Morgan fingerprint density at radius 3 is 1.72 bits per heavy atom. The number of nitrogens with one attached hydrogen (secondary N) is 1. The summed E-state index contributed by atoms with van der Waals surface area (Å²) in [6.07, 6.45) is 4.07. The van der Waals surface area contributed by atoms with E-state index in [4.69, 9.17) is 0 Å². The number of phenolic OH excluding ortho intramolecular Hbond substituents is 1. The van der Waals surface area contributed by atoms with Gasteiger partial charge in [0.1, 0.15) is 30.0 Å². The summed E-state index contributed by atoms with van der Waals surface area (Å²) in [5, 5.41) is 14.9. The van der Waals surface area contributed by atoms with Crippen LogP contribution in [0.4, 0.5) is 17.3 Å². The third-order valence-electron chi connectivity index (χ3n) is 10.9. The molecule has 5 aromatic carbocycles. The number of anilines is 3. The van der Waals surface area contributed by atoms with Crippen LogP contribution in [0, 0.1) is 0 Å². The van der Waals surface area contributed by atoms with Gasteiger partial charge in [0.05, 0.1) is 38.4 Å². The molecule has 3 aliphatic rings. The van der Waals surface area contributed by atoms with Crippen molar-refractivity contribution in [2.45, 2.75) is 28.7 Å². The van der Waals surface area contributed by atoms with E-state index in [1.807, 2.05) is 48.5 Å². The molecular weight excluding hydrogens is 759 g/mol. The molecule has 1 saturated heterocycles. The fourth-order valence-corrected chi connectivity index (χ4v) is 11.3. The van der Waals surface area contributed by atoms with Crippen LogP contribution in [-0.2, 0) is 32.5 Å². The molecule has 5 heterocycles. The number of benzene rings is 5. The highest BCUT2D eigenvalue weighted by atomic mass is 32.2. The van der Waals surface area contributed by atoms with Crippen molar-refractivity contribution in [1.29, 1.82) is 0 Å². The minimum atomic E-state index is -3.23. The first kappa shape index (κ1) is 36.5. The molecule has 12 nitrogen and oxygen atoms in total. The molecule has 3 aliphatic heterocycles. The van der Waals surface area contributed by atoms with Gasteiger partial charge in [-0.15, -0.1) is 0 Å². The molecule has 0 aliphatic carbocycles. The molecule has 0 amide bonds. The summed E-state index contributed by atoms with van der Waals surface area (Å²) in [5.41, 5.74) is 6.40. The van der Waals surface area contributed by atoms with E-state index in [2.05, 4.69) is 59.3 Å². The van der Waals surface area contributed by atoms with Crippen LogP contribution in [0.2, 0.25) is 0 Å². The van der Waals surface area contributed by atoms with Gasteiger partial charge in [-0.2, -0.15) is 0 Å². The molecule has 2 aromatic heterocycles. The molecule has 0 unspecified atom stereocenters. The Labute approximate surface area is 330 Å². The Bertz CT molecular complexity index is 2810. The summed E-state index contributed by atoms with van der Waals surface area (Å²) in [6.45, 7) is 3.11. The van der Waals surface area contributed by atoms with Crippen LogP contribution in [0.5, 0.6) is 5.75 Å². The zero-order valence-electron chi connectivity index (χ0n) is 30.9. The zero-order valence-corrected chi connectivity index (χ0v) is 32.5. The molecule has 288 valence electrons. The van der Waals surface area contributed by atoms with Crippen LogP contribution >= 0.6 is 0 Å². The fraction of sp³-hybridized carbons (Fsp3) is 0.209. The van der Waals surface area contributed by atoms with Crippen LogP contribution in [-0.4, -0.2) is 79.6 Å². The van der Waals surface area contributed by atoms with E-state index in [1.54, 1.807) is 42.7 Å².